The van der Waals surface area contributed by atoms with Crippen LogP contribution in [0.4, 0.5) is 5.82 Å². The van der Waals surface area contributed by atoms with Gasteiger partial charge < -0.3 is 14.4 Å². The van der Waals surface area contributed by atoms with Crippen LogP contribution < -0.4 is 4.90 Å². The molecule has 2 saturated heterocycles. The topological polar surface area (TPSA) is 68.0 Å². The summed E-state index contributed by atoms with van der Waals surface area (Å²) in [6, 6.07) is 4.60. The van der Waals surface area contributed by atoms with Crippen molar-refractivity contribution in [1.29, 1.82) is 0 Å². The minimum atomic E-state index is 0.195. The van der Waals surface area contributed by atoms with E-state index in [0.29, 0.717) is 25.2 Å². The Labute approximate surface area is 146 Å². The first-order valence-electron chi connectivity index (χ1n) is 9.15. The van der Waals surface area contributed by atoms with E-state index in [1.165, 1.54) is 12.8 Å². The molecule has 0 spiro atoms. The molecule has 3 aliphatic rings. The van der Waals surface area contributed by atoms with Gasteiger partial charge in [-0.1, -0.05) is 0 Å². The second-order valence-corrected chi connectivity index (χ2v) is 7.36. The van der Waals surface area contributed by atoms with Gasteiger partial charge in [0.15, 0.2) is 11.5 Å². The molecule has 1 atom stereocenters. The van der Waals surface area contributed by atoms with Gasteiger partial charge in [0.2, 0.25) is 0 Å². The summed E-state index contributed by atoms with van der Waals surface area (Å²) >= 11 is 0. The lowest BCUT2D eigenvalue weighted by atomic mass is 10.1. The summed E-state index contributed by atoms with van der Waals surface area (Å²) in [6.45, 7) is 5.03. The van der Waals surface area contributed by atoms with Gasteiger partial charge in [0.25, 0.3) is 0 Å². The highest BCUT2D eigenvalue weighted by molar-refractivity contribution is 5.48. The van der Waals surface area contributed by atoms with Crippen LogP contribution in [0, 0.1) is 0 Å². The molecule has 134 valence electrons. The summed E-state index contributed by atoms with van der Waals surface area (Å²) in [4.78, 5) is 4.69. The summed E-state index contributed by atoms with van der Waals surface area (Å²) < 4.78 is 13.2. The zero-order chi connectivity index (χ0) is 16.8. The number of ether oxygens (including phenoxy) is 2. The standard InChI is InChI=1S/C17H24N6O2/c1-21(10-14-11-24-6-7-25-14)13-8-22(9-13)16-5-4-15-18-19-17(12-2-3-12)23(15)20-16/h4-5,12-14H,2-3,6-11H2,1H3. The molecule has 1 saturated carbocycles. The molecule has 0 N–H and O–H groups in total. The average Bonchev–Trinajstić information content (AvgIpc) is 3.34. The molecule has 0 amide bonds. The van der Waals surface area contributed by atoms with E-state index in [2.05, 4.69) is 33.1 Å². The molecule has 5 rings (SSSR count). The van der Waals surface area contributed by atoms with Gasteiger partial charge in [-0.15, -0.1) is 15.3 Å². The lowest BCUT2D eigenvalue weighted by molar-refractivity contribution is -0.0990. The van der Waals surface area contributed by atoms with E-state index in [1.54, 1.807) is 0 Å². The summed E-state index contributed by atoms with van der Waals surface area (Å²) in [6.07, 6.45) is 2.60. The molecule has 8 nitrogen and oxygen atoms in total. The van der Waals surface area contributed by atoms with Crippen LogP contribution >= 0.6 is 0 Å². The zero-order valence-corrected chi connectivity index (χ0v) is 14.5. The van der Waals surface area contributed by atoms with Crippen molar-refractivity contribution in [2.24, 2.45) is 0 Å². The molecule has 0 bridgehead atoms. The molecule has 2 aliphatic heterocycles. The predicted molar refractivity (Wildman–Crippen MR) is 91.9 cm³/mol. The zero-order valence-electron chi connectivity index (χ0n) is 14.5. The number of rotatable bonds is 5. The van der Waals surface area contributed by atoms with Gasteiger partial charge in [-0.2, -0.15) is 4.52 Å². The first-order chi connectivity index (χ1) is 12.3. The molecule has 2 aromatic rings. The van der Waals surface area contributed by atoms with E-state index >= 15 is 0 Å². The Morgan fingerprint density at radius 1 is 1.20 bits per heavy atom. The maximum atomic E-state index is 5.75. The van der Waals surface area contributed by atoms with Gasteiger partial charge in [-0.3, -0.25) is 4.90 Å². The van der Waals surface area contributed by atoms with Crippen LogP contribution in [-0.2, 0) is 9.47 Å². The molecule has 3 fully saturated rings. The normalized spacial score (nSPS) is 24.9. The third-order valence-electron chi connectivity index (χ3n) is 5.40. The largest absolute Gasteiger partial charge is 0.376 e. The Hall–Kier alpha value is -1.77. The third-order valence-corrected chi connectivity index (χ3v) is 5.40. The lowest BCUT2D eigenvalue weighted by Crippen LogP contribution is -2.60. The highest BCUT2D eigenvalue weighted by atomic mass is 16.6. The van der Waals surface area contributed by atoms with Crippen LogP contribution in [0.1, 0.15) is 24.6 Å². The summed E-state index contributed by atoms with van der Waals surface area (Å²) in [5, 5.41) is 13.3. The molecule has 0 aromatic carbocycles. The van der Waals surface area contributed by atoms with Crippen molar-refractivity contribution in [3.63, 3.8) is 0 Å². The quantitative estimate of drug-likeness (QED) is 0.784. The first-order valence-corrected chi connectivity index (χ1v) is 9.15. The molecule has 1 aliphatic carbocycles. The van der Waals surface area contributed by atoms with E-state index in [0.717, 1.165) is 43.5 Å². The van der Waals surface area contributed by atoms with E-state index in [1.807, 2.05) is 10.6 Å². The fraction of sp³-hybridized carbons (Fsp3) is 0.706. The van der Waals surface area contributed by atoms with Gasteiger partial charge in [-0.05, 0) is 32.0 Å². The minimum Gasteiger partial charge on any atom is -0.376 e. The van der Waals surface area contributed by atoms with E-state index in [4.69, 9.17) is 14.6 Å². The fourth-order valence-corrected chi connectivity index (χ4v) is 3.59. The van der Waals surface area contributed by atoms with Crippen molar-refractivity contribution in [2.45, 2.75) is 30.9 Å². The van der Waals surface area contributed by atoms with Gasteiger partial charge >= 0.3 is 0 Å². The van der Waals surface area contributed by atoms with Crippen molar-refractivity contribution in [3.8, 4) is 0 Å². The van der Waals surface area contributed by atoms with Crippen molar-refractivity contribution < 1.29 is 9.47 Å². The van der Waals surface area contributed by atoms with Crippen molar-refractivity contribution >= 4 is 11.5 Å². The maximum Gasteiger partial charge on any atom is 0.178 e. The Balaban J connectivity index is 1.22. The van der Waals surface area contributed by atoms with Gasteiger partial charge in [0.1, 0.15) is 5.82 Å². The summed E-state index contributed by atoms with van der Waals surface area (Å²) in [7, 11) is 2.17. The fourth-order valence-electron chi connectivity index (χ4n) is 3.59. The van der Waals surface area contributed by atoms with E-state index in [9.17, 15) is 0 Å². The van der Waals surface area contributed by atoms with Gasteiger partial charge in [-0.25, -0.2) is 0 Å². The number of likely N-dealkylation sites (N-methyl/N-ethyl adjacent to an activating group) is 1. The Kier molecular flexibility index (Phi) is 3.83. The molecule has 1 unspecified atom stereocenters. The SMILES string of the molecule is CN(CC1COCCO1)C1CN(c2ccc3nnc(C4CC4)n3n2)C1. The predicted octanol–water partition coefficient (Wildman–Crippen LogP) is 0.538. The Bertz CT molecular complexity index is 749. The van der Waals surface area contributed by atoms with Crippen molar-refractivity contribution in [3.05, 3.63) is 18.0 Å². The van der Waals surface area contributed by atoms with Crippen LogP contribution in [0.3, 0.4) is 0 Å². The second-order valence-electron chi connectivity index (χ2n) is 7.36. The Morgan fingerprint density at radius 2 is 2.08 bits per heavy atom. The second kappa shape index (κ2) is 6.19. The van der Waals surface area contributed by atoms with E-state index < -0.39 is 0 Å². The first kappa shape index (κ1) is 15.5. The molecule has 2 aromatic heterocycles. The number of fused-ring (bicyclic) bond motifs is 1. The molecular weight excluding hydrogens is 320 g/mol. The molecule has 0 radical (unpaired) electrons. The summed E-state index contributed by atoms with van der Waals surface area (Å²) in [5.41, 5.74) is 0.842. The number of anilines is 1. The van der Waals surface area contributed by atoms with Crippen LogP contribution in [0.15, 0.2) is 12.1 Å². The van der Waals surface area contributed by atoms with E-state index in [-0.39, 0.29) is 6.10 Å². The summed E-state index contributed by atoms with van der Waals surface area (Å²) in [5.74, 6) is 2.57. The third kappa shape index (κ3) is 2.98. The molecular formula is C17H24N6O2. The smallest absolute Gasteiger partial charge is 0.178 e. The van der Waals surface area contributed by atoms with Crippen molar-refractivity contribution in [1.82, 2.24) is 24.7 Å². The maximum absolute atomic E-state index is 5.75. The highest BCUT2D eigenvalue weighted by Crippen LogP contribution is 2.38. The number of nitrogens with zero attached hydrogens (tertiary/aromatic N) is 6. The molecule has 8 heteroatoms. The number of hydrogen-bond acceptors (Lipinski definition) is 7. The highest BCUT2D eigenvalue weighted by Gasteiger charge is 2.33. The molecule has 25 heavy (non-hydrogen) atoms. The van der Waals surface area contributed by atoms with Crippen LogP contribution in [0.2, 0.25) is 0 Å². The van der Waals surface area contributed by atoms with Gasteiger partial charge in [0, 0.05) is 31.6 Å². The number of aromatic nitrogens is 4. The van der Waals surface area contributed by atoms with Crippen LogP contribution in [0.25, 0.3) is 5.65 Å². The lowest BCUT2D eigenvalue weighted by Gasteiger charge is -2.45. The monoisotopic (exact) mass is 344 g/mol. The Morgan fingerprint density at radius 3 is 2.84 bits per heavy atom. The number of hydrogen-bond donors (Lipinski definition) is 0. The van der Waals surface area contributed by atoms with Crippen LogP contribution in [-0.4, -0.2) is 83.4 Å². The van der Waals surface area contributed by atoms with Crippen LogP contribution in [0.5, 0.6) is 0 Å². The van der Waals surface area contributed by atoms with Gasteiger partial charge in [0.05, 0.1) is 25.9 Å². The molecule has 4 heterocycles. The van der Waals surface area contributed by atoms with Crippen molar-refractivity contribution in [2.75, 3.05) is 51.4 Å². The average molecular weight is 344 g/mol. The minimum absolute atomic E-state index is 0.195.